The highest BCUT2D eigenvalue weighted by Gasteiger charge is 2.15. The first-order valence-corrected chi connectivity index (χ1v) is 5.95. The summed E-state index contributed by atoms with van der Waals surface area (Å²) in [4.78, 5) is 16.0. The van der Waals surface area contributed by atoms with Crippen molar-refractivity contribution >= 4 is 22.9 Å². The zero-order valence-corrected chi connectivity index (χ0v) is 10.4. The molecule has 0 aliphatic carbocycles. The van der Waals surface area contributed by atoms with E-state index in [0.717, 1.165) is 10.7 Å². The molecule has 0 aliphatic rings. The maximum absolute atomic E-state index is 11.8. The van der Waals surface area contributed by atoms with Gasteiger partial charge in [0, 0.05) is 11.1 Å². The average molecular weight is 251 g/mol. The van der Waals surface area contributed by atoms with Crippen molar-refractivity contribution in [1.29, 1.82) is 0 Å². The molecule has 0 bridgehead atoms. The van der Waals surface area contributed by atoms with E-state index >= 15 is 0 Å². The number of hydrogen-bond acceptors (Lipinski definition) is 5. The summed E-state index contributed by atoms with van der Waals surface area (Å²) in [7, 11) is 0. The Morgan fingerprint density at radius 3 is 2.88 bits per heavy atom. The summed E-state index contributed by atoms with van der Waals surface area (Å²) in [5.74, 6) is -0.292. The predicted octanol–water partition coefficient (Wildman–Crippen LogP) is 0.995. The Hall–Kier alpha value is -1.89. The van der Waals surface area contributed by atoms with Crippen molar-refractivity contribution in [2.45, 2.75) is 20.4 Å². The van der Waals surface area contributed by atoms with E-state index in [2.05, 4.69) is 20.5 Å². The number of rotatable bonds is 3. The molecular formula is C10H13N5OS. The normalized spacial score (nSPS) is 10.5. The van der Waals surface area contributed by atoms with E-state index in [0.29, 0.717) is 17.9 Å². The molecule has 0 atom stereocenters. The van der Waals surface area contributed by atoms with Gasteiger partial charge in [-0.3, -0.25) is 9.89 Å². The van der Waals surface area contributed by atoms with Gasteiger partial charge in [-0.25, -0.2) is 4.98 Å². The van der Waals surface area contributed by atoms with Crippen LogP contribution in [0.4, 0.5) is 5.69 Å². The quantitative estimate of drug-likeness (QED) is 0.758. The molecule has 17 heavy (non-hydrogen) atoms. The van der Waals surface area contributed by atoms with Crippen LogP contribution in [0, 0.1) is 13.8 Å². The van der Waals surface area contributed by atoms with Gasteiger partial charge in [0.15, 0.2) is 5.69 Å². The van der Waals surface area contributed by atoms with Gasteiger partial charge in [-0.15, -0.1) is 11.3 Å². The largest absolute Gasteiger partial charge is 0.395 e. The topological polar surface area (TPSA) is 96.7 Å². The van der Waals surface area contributed by atoms with E-state index in [9.17, 15) is 4.79 Å². The van der Waals surface area contributed by atoms with E-state index in [1.807, 2.05) is 12.3 Å². The third-order valence-corrected chi connectivity index (χ3v) is 3.24. The van der Waals surface area contributed by atoms with Crippen LogP contribution < -0.4 is 11.1 Å². The van der Waals surface area contributed by atoms with Crippen molar-refractivity contribution < 1.29 is 4.79 Å². The van der Waals surface area contributed by atoms with Crippen molar-refractivity contribution in [2.75, 3.05) is 5.73 Å². The number of carbonyl (C=O) groups is 1. The number of carbonyl (C=O) groups excluding carboxylic acids is 1. The van der Waals surface area contributed by atoms with Crippen molar-refractivity contribution in [1.82, 2.24) is 20.5 Å². The molecule has 2 heterocycles. The molecule has 0 saturated heterocycles. The molecule has 6 nitrogen and oxygen atoms in total. The molecule has 2 aromatic heterocycles. The number of nitrogens with two attached hydrogens (primary N) is 1. The van der Waals surface area contributed by atoms with Crippen molar-refractivity contribution in [3.63, 3.8) is 0 Å². The number of aromatic amines is 1. The molecule has 0 aromatic carbocycles. The highest BCUT2D eigenvalue weighted by Crippen LogP contribution is 2.13. The fourth-order valence-electron chi connectivity index (χ4n) is 1.33. The summed E-state index contributed by atoms with van der Waals surface area (Å²) in [6, 6.07) is 0. The third-order valence-electron chi connectivity index (χ3n) is 2.28. The van der Waals surface area contributed by atoms with Crippen molar-refractivity contribution in [3.05, 3.63) is 27.5 Å². The molecule has 2 rings (SSSR count). The summed E-state index contributed by atoms with van der Waals surface area (Å²) < 4.78 is 0. The molecular weight excluding hydrogens is 238 g/mol. The number of aromatic nitrogens is 3. The number of nitrogens with zero attached hydrogens (tertiary/aromatic N) is 2. The van der Waals surface area contributed by atoms with Crippen molar-refractivity contribution in [2.24, 2.45) is 0 Å². The summed E-state index contributed by atoms with van der Waals surface area (Å²) in [6.07, 6.45) is 0. The monoisotopic (exact) mass is 251 g/mol. The van der Waals surface area contributed by atoms with E-state index in [4.69, 9.17) is 5.73 Å². The van der Waals surface area contributed by atoms with Crippen LogP contribution in [0.5, 0.6) is 0 Å². The molecule has 7 heteroatoms. The lowest BCUT2D eigenvalue weighted by molar-refractivity contribution is 0.0946. The first kappa shape index (κ1) is 11.6. The second kappa shape index (κ2) is 4.54. The van der Waals surface area contributed by atoms with Crippen molar-refractivity contribution in [3.8, 4) is 0 Å². The fraction of sp³-hybridized carbons (Fsp3) is 0.300. The van der Waals surface area contributed by atoms with Gasteiger partial charge in [-0.2, -0.15) is 5.10 Å². The number of anilines is 1. The molecule has 0 aliphatic heterocycles. The molecule has 0 fully saturated rings. The average Bonchev–Trinajstić information content (AvgIpc) is 2.84. The summed E-state index contributed by atoms with van der Waals surface area (Å²) in [5, 5.41) is 12.1. The molecule has 0 saturated carbocycles. The van der Waals surface area contributed by atoms with E-state index in [-0.39, 0.29) is 11.6 Å². The highest BCUT2D eigenvalue weighted by molar-refractivity contribution is 7.09. The van der Waals surface area contributed by atoms with Gasteiger partial charge in [0.2, 0.25) is 0 Å². The van der Waals surface area contributed by atoms with E-state index in [1.165, 1.54) is 11.3 Å². The van der Waals surface area contributed by atoms with E-state index in [1.54, 1.807) is 6.92 Å². The third kappa shape index (κ3) is 2.44. The Bertz CT molecular complexity index is 545. The van der Waals surface area contributed by atoms with Crippen LogP contribution in [-0.4, -0.2) is 21.1 Å². The maximum Gasteiger partial charge on any atom is 0.274 e. The Balaban J connectivity index is 2.00. The smallest absolute Gasteiger partial charge is 0.274 e. The minimum atomic E-state index is -0.292. The molecule has 0 spiro atoms. The minimum Gasteiger partial charge on any atom is -0.395 e. The van der Waals surface area contributed by atoms with Crippen LogP contribution in [-0.2, 0) is 6.54 Å². The SMILES string of the molecule is Cc1csc(CNC(=O)c2n[nH]c(C)c2N)n1. The molecule has 4 N–H and O–H groups in total. The highest BCUT2D eigenvalue weighted by atomic mass is 32.1. The number of H-pyrrole nitrogens is 1. The first-order valence-electron chi connectivity index (χ1n) is 5.07. The number of aryl methyl sites for hydroxylation is 2. The Labute approximate surface area is 102 Å². The number of nitrogen functional groups attached to an aromatic ring is 1. The van der Waals surface area contributed by atoms with Gasteiger partial charge in [0.25, 0.3) is 5.91 Å². The Morgan fingerprint density at radius 2 is 2.35 bits per heavy atom. The number of nitrogens with one attached hydrogen (secondary N) is 2. The zero-order valence-electron chi connectivity index (χ0n) is 9.57. The zero-order chi connectivity index (χ0) is 12.4. The van der Waals surface area contributed by atoms with E-state index < -0.39 is 0 Å². The van der Waals surface area contributed by atoms with Gasteiger partial charge in [-0.05, 0) is 13.8 Å². The van der Waals surface area contributed by atoms with Gasteiger partial charge in [-0.1, -0.05) is 0 Å². The predicted molar refractivity (Wildman–Crippen MR) is 65.8 cm³/mol. The summed E-state index contributed by atoms with van der Waals surface area (Å²) >= 11 is 1.51. The van der Waals surface area contributed by atoms with Crippen LogP contribution in [0.1, 0.15) is 26.9 Å². The lowest BCUT2D eigenvalue weighted by Gasteiger charge is -2.00. The molecule has 0 radical (unpaired) electrons. The minimum absolute atomic E-state index is 0.232. The first-order chi connectivity index (χ1) is 8.08. The lowest BCUT2D eigenvalue weighted by Crippen LogP contribution is -2.24. The van der Waals surface area contributed by atoms with Gasteiger partial charge >= 0.3 is 0 Å². The Kier molecular flexibility index (Phi) is 3.10. The van der Waals surface area contributed by atoms with Crippen LogP contribution >= 0.6 is 11.3 Å². The van der Waals surface area contributed by atoms with Crippen LogP contribution in [0.25, 0.3) is 0 Å². The summed E-state index contributed by atoms with van der Waals surface area (Å²) in [6.45, 7) is 4.07. The summed E-state index contributed by atoms with van der Waals surface area (Å²) in [5.41, 5.74) is 7.98. The van der Waals surface area contributed by atoms with Gasteiger partial charge < -0.3 is 11.1 Å². The molecule has 2 aromatic rings. The number of thiazole rings is 1. The van der Waals surface area contributed by atoms with Gasteiger partial charge in [0.05, 0.1) is 17.9 Å². The lowest BCUT2D eigenvalue weighted by atomic mass is 10.3. The van der Waals surface area contributed by atoms with Crippen LogP contribution in [0.3, 0.4) is 0 Å². The standard InChI is InChI=1S/C10H13N5OS/c1-5-4-17-7(13-5)3-12-10(16)9-8(11)6(2)14-15-9/h4H,3,11H2,1-2H3,(H,12,16)(H,14,15). The second-order valence-electron chi connectivity index (χ2n) is 3.68. The molecule has 0 unspecified atom stereocenters. The fourth-order valence-corrected chi connectivity index (χ4v) is 2.05. The maximum atomic E-state index is 11.8. The van der Waals surface area contributed by atoms with Crippen LogP contribution in [0.15, 0.2) is 5.38 Å². The van der Waals surface area contributed by atoms with Crippen LogP contribution in [0.2, 0.25) is 0 Å². The second-order valence-corrected chi connectivity index (χ2v) is 4.62. The molecule has 1 amide bonds. The Morgan fingerprint density at radius 1 is 1.59 bits per heavy atom. The van der Waals surface area contributed by atoms with Gasteiger partial charge in [0.1, 0.15) is 5.01 Å². The number of hydrogen-bond donors (Lipinski definition) is 3. The number of amides is 1. The molecule has 90 valence electrons.